The lowest BCUT2D eigenvalue weighted by molar-refractivity contribution is 0.0413. The number of nitrogens with zero attached hydrogens (tertiary/aromatic N) is 1. The Hall–Kier alpha value is -1.84. The predicted octanol–water partition coefficient (Wildman–Crippen LogP) is 3.51. The minimum Gasteiger partial charge on any atom is -0.497 e. The van der Waals surface area contributed by atoms with Crippen LogP contribution in [0.3, 0.4) is 0 Å². The van der Waals surface area contributed by atoms with Crippen LogP contribution in [0, 0.1) is 5.41 Å². The highest BCUT2D eigenvalue weighted by Crippen LogP contribution is 2.35. The maximum atomic E-state index is 10.0. The van der Waals surface area contributed by atoms with Gasteiger partial charge >= 0.3 is 0 Å². The molecule has 3 heteroatoms. The molecule has 0 unspecified atom stereocenters. The molecule has 1 saturated heterocycles. The molecule has 3 nitrogen and oxygen atoms in total. The summed E-state index contributed by atoms with van der Waals surface area (Å²) in [5.74, 6) is 0.902. The third-order valence-corrected chi connectivity index (χ3v) is 5.24. The van der Waals surface area contributed by atoms with Gasteiger partial charge in [-0.25, -0.2) is 0 Å². The first kappa shape index (κ1) is 17.0. The standard InChI is InChI=1S/C21H27NO2/c1-24-20-9-7-19(8-10-20)16-22-13-11-21(17-23,12-14-22)15-18-5-3-2-4-6-18/h2-10,23H,11-17H2,1H3. The average Bonchev–Trinajstić information content (AvgIpc) is 2.65. The molecule has 1 heterocycles. The maximum Gasteiger partial charge on any atom is 0.118 e. The van der Waals surface area contributed by atoms with E-state index in [2.05, 4.69) is 41.3 Å². The molecule has 0 amide bonds. The van der Waals surface area contributed by atoms with E-state index >= 15 is 0 Å². The Kier molecular flexibility index (Phi) is 5.54. The fourth-order valence-electron chi connectivity index (χ4n) is 3.59. The zero-order chi connectivity index (χ0) is 16.8. The molecule has 0 radical (unpaired) electrons. The zero-order valence-electron chi connectivity index (χ0n) is 14.4. The summed E-state index contributed by atoms with van der Waals surface area (Å²) in [6.07, 6.45) is 3.07. The fourth-order valence-corrected chi connectivity index (χ4v) is 3.59. The van der Waals surface area contributed by atoms with E-state index < -0.39 is 0 Å². The van der Waals surface area contributed by atoms with E-state index in [-0.39, 0.29) is 12.0 Å². The lowest BCUT2D eigenvalue weighted by atomic mass is 9.74. The number of rotatable bonds is 6. The Morgan fingerprint density at radius 3 is 2.21 bits per heavy atom. The van der Waals surface area contributed by atoms with Crippen LogP contribution >= 0.6 is 0 Å². The summed E-state index contributed by atoms with van der Waals surface area (Å²) in [7, 11) is 1.70. The molecule has 0 atom stereocenters. The van der Waals surface area contributed by atoms with Crippen molar-refractivity contribution in [3.8, 4) is 5.75 Å². The van der Waals surface area contributed by atoms with Gasteiger partial charge < -0.3 is 9.84 Å². The molecule has 2 aromatic carbocycles. The van der Waals surface area contributed by atoms with Gasteiger partial charge in [-0.1, -0.05) is 42.5 Å². The van der Waals surface area contributed by atoms with E-state index in [0.29, 0.717) is 0 Å². The van der Waals surface area contributed by atoms with Crippen LogP contribution in [0.4, 0.5) is 0 Å². The lowest BCUT2D eigenvalue weighted by Gasteiger charge is -2.41. The van der Waals surface area contributed by atoms with Crippen LogP contribution < -0.4 is 4.74 Å². The first-order chi connectivity index (χ1) is 11.7. The smallest absolute Gasteiger partial charge is 0.118 e. The minimum atomic E-state index is 0.0394. The van der Waals surface area contributed by atoms with Crippen molar-refractivity contribution < 1.29 is 9.84 Å². The fraction of sp³-hybridized carbons (Fsp3) is 0.429. The van der Waals surface area contributed by atoms with Crippen LogP contribution in [0.1, 0.15) is 24.0 Å². The summed E-state index contributed by atoms with van der Waals surface area (Å²) in [4.78, 5) is 2.49. The number of piperidine rings is 1. The summed E-state index contributed by atoms with van der Waals surface area (Å²) in [5, 5.41) is 10.0. The van der Waals surface area contributed by atoms with Gasteiger partial charge in [0.1, 0.15) is 5.75 Å². The number of hydrogen-bond donors (Lipinski definition) is 1. The van der Waals surface area contributed by atoms with Gasteiger partial charge in [0.25, 0.3) is 0 Å². The van der Waals surface area contributed by atoms with Gasteiger partial charge in [0, 0.05) is 13.2 Å². The monoisotopic (exact) mass is 325 g/mol. The third kappa shape index (κ3) is 4.16. The van der Waals surface area contributed by atoms with E-state index in [9.17, 15) is 5.11 Å². The highest BCUT2D eigenvalue weighted by atomic mass is 16.5. The molecule has 0 spiro atoms. The molecule has 1 fully saturated rings. The van der Waals surface area contributed by atoms with Gasteiger partial charge in [-0.05, 0) is 61.0 Å². The van der Waals surface area contributed by atoms with E-state index in [1.807, 2.05) is 18.2 Å². The summed E-state index contributed by atoms with van der Waals surface area (Å²) in [5.41, 5.74) is 2.68. The second kappa shape index (κ2) is 7.82. The number of ether oxygens (including phenoxy) is 1. The Balaban J connectivity index is 1.57. The van der Waals surface area contributed by atoms with Crippen molar-refractivity contribution in [1.82, 2.24) is 4.90 Å². The summed E-state index contributed by atoms with van der Waals surface area (Å²) < 4.78 is 5.22. The van der Waals surface area contributed by atoms with Gasteiger partial charge in [0.05, 0.1) is 7.11 Å². The normalized spacial score (nSPS) is 17.6. The van der Waals surface area contributed by atoms with Crippen molar-refractivity contribution in [3.05, 3.63) is 65.7 Å². The minimum absolute atomic E-state index is 0.0394. The molecule has 3 rings (SSSR count). The maximum absolute atomic E-state index is 10.0. The Morgan fingerprint density at radius 1 is 0.958 bits per heavy atom. The van der Waals surface area contributed by atoms with Crippen molar-refractivity contribution in [3.63, 3.8) is 0 Å². The highest BCUT2D eigenvalue weighted by Gasteiger charge is 2.34. The van der Waals surface area contributed by atoms with E-state index in [4.69, 9.17) is 4.74 Å². The summed E-state index contributed by atoms with van der Waals surface area (Å²) >= 11 is 0. The second-order valence-electron chi connectivity index (χ2n) is 6.94. The van der Waals surface area contributed by atoms with E-state index in [1.165, 1.54) is 11.1 Å². The molecule has 24 heavy (non-hydrogen) atoms. The molecule has 0 saturated carbocycles. The van der Waals surface area contributed by atoms with Gasteiger partial charge in [-0.15, -0.1) is 0 Å². The first-order valence-corrected chi connectivity index (χ1v) is 8.73. The number of likely N-dealkylation sites (tertiary alicyclic amines) is 1. The molecule has 128 valence electrons. The molecule has 0 bridgehead atoms. The molecule has 2 aromatic rings. The molecule has 0 aliphatic carbocycles. The van der Waals surface area contributed by atoms with Crippen LogP contribution in [-0.4, -0.2) is 36.8 Å². The van der Waals surface area contributed by atoms with Gasteiger partial charge in [0.2, 0.25) is 0 Å². The number of benzene rings is 2. The highest BCUT2D eigenvalue weighted by molar-refractivity contribution is 5.27. The van der Waals surface area contributed by atoms with E-state index in [0.717, 1.165) is 44.6 Å². The van der Waals surface area contributed by atoms with Crippen molar-refractivity contribution in [2.75, 3.05) is 26.8 Å². The van der Waals surface area contributed by atoms with Crippen molar-refractivity contribution in [1.29, 1.82) is 0 Å². The van der Waals surface area contributed by atoms with Crippen LogP contribution in [0.25, 0.3) is 0 Å². The van der Waals surface area contributed by atoms with Crippen LogP contribution in [0.2, 0.25) is 0 Å². The van der Waals surface area contributed by atoms with Crippen LogP contribution in [0.5, 0.6) is 5.75 Å². The van der Waals surface area contributed by atoms with Crippen molar-refractivity contribution in [2.45, 2.75) is 25.8 Å². The van der Waals surface area contributed by atoms with Gasteiger partial charge in [0.15, 0.2) is 0 Å². The number of aliphatic hydroxyl groups is 1. The van der Waals surface area contributed by atoms with E-state index in [1.54, 1.807) is 7.11 Å². The summed E-state index contributed by atoms with van der Waals surface area (Å²) in [6, 6.07) is 18.9. The molecule has 1 aliphatic rings. The average molecular weight is 325 g/mol. The third-order valence-electron chi connectivity index (χ3n) is 5.24. The van der Waals surface area contributed by atoms with Gasteiger partial charge in [-0.2, -0.15) is 0 Å². The SMILES string of the molecule is COc1ccc(CN2CCC(CO)(Cc3ccccc3)CC2)cc1. The van der Waals surface area contributed by atoms with Crippen molar-refractivity contribution >= 4 is 0 Å². The Bertz CT molecular complexity index is 616. The molecular formula is C21H27NO2. The van der Waals surface area contributed by atoms with Crippen molar-refractivity contribution in [2.24, 2.45) is 5.41 Å². The zero-order valence-corrected chi connectivity index (χ0v) is 14.4. The predicted molar refractivity (Wildman–Crippen MR) is 97.2 cm³/mol. The largest absolute Gasteiger partial charge is 0.497 e. The number of methoxy groups -OCH3 is 1. The molecular weight excluding hydrogens is 298 g/mol. The number of aliphatic hydroxyl groups excluding tert-OH is 1. The van der Waals surface area contributed by atoms with Crippen LogP contribution in [0.15, 0.2) is 54.6 Å². The molecule has 0 aromatic heterocycles. The quantitative estimate of drug-likeness (QED) is 0.882. The molecule has 1 N–H and O–H groups in total. The lowest BCUT2D eigenvalue weighted by Crippen LogP contribution is -2.42. The first-order valence-electron chi connectivity index (χ1n) is 8.73. The number of hydrogen-bond acceptors (Lipinski definition) is 3. The summed E-state index contributed by atoms with van der Waals surface area (Å²) in [6.45, 7) is 3.33. The topological polar surface area (TPSA) is 32.7 Å². The molecule has 1 aliphatic heterocycles. The Labute approximate surface area is 144 Å². The van der Waals surface area contributed by atoms with Gasteiger partial charge in [-0.3, -0.25) is 4.90 Å². The second-order valence-corrected chi connectivity index (χ2v) is 6.94. The van der Waals surface area contributed by atoms with Crippen LogP contribution in [-0.2, 0) is 13.0 Å². The Morgan fingerprint density at radius 2 is 1.62 bits per heavy atom.